The van der Waals surface area contributed by atoms with Crippen LogP contribution >= 0.6 is 0 Å². The highest BCUT2D eigenvalue weighted by molar-refractivity contribution is 5.98. The van der Waals surface area contributed by atoms with E-state index in [1.165, 1.54) is 4.90 Å². The Morgan fingerprint density at radius 3 is 2.54 bits per heavy atom. The van der Waals surface area contributed by atoms with Crippen molar-refractivity contribution < 1.29 is 24.2 Å². The van der Waals surface area contributed by atoms with Gasteiger partial charge in [0.05, 0.1) is 19.7 Å². The van der Waals surface area contributed by atoms with Gasteiger partial charge in [-0.3, -0.25) is 9.59 Å². The van der Waals surface area contributed by atoms with E-state index in [1.54, 1.807) is 35.8 Å². The lowest BCUT2D eigenvalue weighted by molar-refractivity contribution is -0.152. The molecule has 28 heavy (non-hydrogen) atoms. The SMILES string of the molecule is CCOc1ccc(C(=O)CCC(=O)N2Cc3nnc(C)n3CC2C(=O)O)cc1. The first-order valence-corrected chi connectivity index (χ1v) is 9.07. The zero-order valence-corrected chi connectivity index (χ0v) is 15.8. The van der Waals surface area contributed by atoms with E-state index < -0.39 is 17.9 Å². The lowest BCUT2D eigenvalue weighted by atomic mass is 10.1. The number of carboxylic acid groups (broad SMARTS) is 1. The van der Waals surface area contributed by atoms with Crippen molar-refractivity contribution in [2.75, 3.05) is 6.61 Å². The number of fused-ring (bicyclic) bond motifs is 1. The predicted octanol–water partition coefficient (Wildman–Crippen LogP) is 1.44. The van der Waals surface area contributed by atoms with E-state index in [4.69, 9.17) is 4.74 Å². The Hall–Kier alpha value is -3.23. The first-order chi connectivity index (χ1) is 13.4. The van der Waals surface area contributed by atoms with E-state index in [-0.39, 0.29) is 31.7 Å². The van der Waals surface area contributed by atoms with Gasteiger partial charge in [0.2, 0.25) is 5.91 Å². The van der Waals surface area contributed by atoms with E-state index in [2.05, 4.69) is 10.2 Å². The number of aliphatic carboxylic acids is 1. The molecule has 1 unspecified atom stereocenters. The number of benzene rings is 1. The maximum atomic E-state index is 12.6. The van der Waals surface area contributed by atoms with Crippen LogP contribution in [0.4, 0.5) is 0 Å². The summed E-state index contributed by atoms with van der Waals surface area (Å²) in [6.07, 6.45) is -0.0652. The van der Waals surface area contributed by atoms with Crippen LogP contribution in [-0.4, -0.2) is 55.1 Å². The molecule has 1 aromatic carbocycles. The first kappa shape index (κ1) is 19.5. The van der Waals surface area contributed by atoms with Crippen molar-refractivity contribution in [3.8, 4) is 5.75 Å². The van der Waals surface area contributed by atoms with E-state index in [9.17, 15) is 19.5 Å². The summed E-state index contributed by atoms with van der Waals surface area (Å²) in [4.78, 5) is 37.9. The quantitative estimate of drug-likeness (QED) is 0.716. The summed E-state index contributed by atoms with van der Waals surface area (Å²) in [6, 6.07) is 5.72. The fourth-order valence-corrected chi connectivity index (χ4v) is 3.20. The maximum absolute atomic E-state index is 12.6. The van der Waals surface area contributed by atoms with Crippen molar-refractivity contribution in [1.29, 1.82) is 0 Å². The second-order valence-corrected chi connectivity index (χ2v) is 6.53. The number of rotatable bonds is 7. The van der Waals surface area contributed by atoms with Crippen LogP contribution in [0.1, 0.15) is 41.8 Å². The fourth-order valence-electron chi connectivity index (χ4n) is 3.20. The molecule has 1 aliphatic heterocycles. The summed E-state index contributed by atoms with van der Waals surface area (Å²) in [6.45, 7) is 4.31. The summed E-state index contributed by atoms with van der Waals surface area (Å²) in [5.41, 5.74) is 0.486. The second-order valence-electron chi connectivity index (χ2n) is 6.53. The largest absolute Gasteiger partial charge is 0.494 e. The van der Waals surface area contributed by atoms with Gasteiger partial charge in [-0.15, -0.1) is 10.2 Å². The molecule has 9 heteroatoms. The minimum Gasteiger partial charge on any atom is -0.494 e. The van der Waals surface area contributed by atoms with Gasteiger partial charge < -0.3 is 19.3 Å². The van der Waals surface area contributed by atoms with Gasteiger partial charge in [0.15, 0.2) is 11.6 Å². The number of ether oxygens (including phenoxy) is 1. The van der Waals surface area contributed by atoms with Crippen molar-refractivity contribution in [2.45, 2.75) is 45.8 Å². The number of Topliss-reactive ketones (excluding diaryl/α,β-unsaturated/α-hetero) is 1. The van der Waals surface area contributed by atoms with Crippen LogP contribution in [0.3, 0.4) is 0 Å². The Labute approximate surface area is 161 Å². The summed E-state index contributed by atoms with van der Waals surface area (Å²) in [7, 11) is 0. The third-order valence-corrected chi connectivity index (χ3v) is 4.71. The lowest BCUT2D eigenvalue weighted by Gasteiger charge is -2.33. The van der Waals surface area contributed by atoms with Crippen LogP contribution in [-0.2, 0) is 22.7 Å². The molecule has 2 heterocycles. The minimum absolute atomic E-state index is 0.00136. The number of ketones is 1. The van der Waals surface area contributed by atoms with Gasteiger partial charge in [0.25, 0.3) is 0 Å². The van der Waals surface area contributed by atoms with Crippen molar-refractivity contribution in [1.82, 2.24) is 19.7 Å². The van der Waals surface area contributed by atoms with Crippen molar-refractivity contribution in [2.24, 2.45) is 0 Å². The third kappa shape index (κ3) is 4.03. The highest BCUT2D eigenvalue weighted by Gasteiger charge is 2.36. The minimum atomic E-state index is -1.09. The molecule has 3 rings (SSSR count). The van der Waals surface area contributed by atoms with Crippen molar-refractivity contribution in [3.05, 3.63) is 41.5 Å². The Morgan fingerprint density at radius 2 is 1.89 bits per heavy atom. The van der Waals surface area contributed by atoms with Crippen LogP contribution in [0.2, 0.25) is 0 Å². The zero-order valence-electron chi connectivity index (χ0n) is 15.8. The summed E-state index contributed by atoms with van der Waals surface area (Å²) in [5, 5.41) is 17.4. The fraction of sp³-hybridized carbons (Fsp3) is 0.421. The molecule has 0 aliphatic carbocycles. The molecule has 2 aromatic rings. The van der Waals surface area contributed by atoms with Crippen molar-refractivity contribution >= 4 is 17.7 Å². The molecule has 1 aromatic heterocycles. The van der Waals surface area contributed by atoms with Gasteiger partial charge in [-0.05, 0) is 38.1 Å². The molecule has 0 fully saturated rings. The first-order valence-electron chi connectivity index (χ1n) is 9.07. The van der Waals surface area contributed by atoms with Gasteiger partial charge >= 0.3 is 5.97 Å². The molecule has 1 aliphatic rings. The highest BCUT2D eigenvalue weighted by Crippen LogP contribution is 2.20. The number of carbonyl (C=O) groups is 3. The van der Waals surface area contributed by atoms with E-state index in [1.807, 2.05) is 6.92 Å². The Balaban J connectivity index is 1.64. The summed E-state index contributed by atoms with van der Waals surface area (Å²) in [5.74, 6) is 0.162. The molecule has 1 atom stereocenters. The normalized spacial score (nSPS) is 15.8. The van der Waals surface area contributed by atoms with Gasteiger partial charge in [0, 0.05) is 18.4 Å². The van der Waals surface area contributed by atoms with E-state index >= 15 is 0 Å². The molecule has 0 saturated carbocycles. The number of amides is 1. The van der Waals surface area contributed by atoms with Crippen LogP contribution in [0.15, 0.2) is 24.3 Å². The number of carboxylic acids is 1. The van der Waals surface area contributed by atoms with E-state index in [0.29, 0.717) is 29.6 Å². The van der Waals surface area contributed by atoms with Gasteiger partial charge in [-0.25, -0.2) is 4.79 Å². The van der Waals surface area contributed by atoms with Gasteiger partial charge in [-0.2, -0.15) is 0 Å². The summed E-state index contributed by atoms with van der Waals surface area (Å²) < 4.78 is 7.04. The number of aromatic nitrogens is 3. The number of carbonyl (C=O) groups excluding carboxylic acids is 2. The number of hydrogen-bond donors (Lipinski definition) is 1. The molecular weight excluding hydrogens is 364 g/mol. The predicted molar refractivity (Wildman–Crippen MR) is 97.9 cm³/mol. The molecule has 1 amide bonds. The van der Waals surface area contributed by atoms with Crippen LogP contribution in [0.25, 0.3) is 0 Å². The number of nitrogens with zero attached hydrogens (tertiary/aromatic N) is 4. The second kappa shape index (κ2) is 8.20. The topological polar surface area (TPSA) is 115 Å². The van der Waals surface area contributed by atoms with Gasteiger partial charge in [0.1, 0.15) is 17.6 Å². The van der Waals surface area contributed by atoms with Crippen molar-refractivity contribution in [3.63, 3.8) is 0 Å². The van der Waals surface area contributed by atoms with Crippen LogP contribution in [0.5, 0.6) is 5.75 Å². The smallest absolute Gasteiger partial charge is 0.328 e. The molecule has 0 radical (unpaired) electrons. The highest BCUT2D eigenvalue weighted by atomic mass is 16.5. The number of hydrogen-bond acceptors (Lipinski definition) is 6. The molecule has 0 spiro atoms. The Kier molecular flexibility index (Phi) is 5.72. The molecule has 1 N–H and O–H groups in total. The monoisotopic (exact) mass is 386 g/mol. The molecule has 0 bridgehead atoms. The average molecular weight is 386 g/mol. The zero-order chi connectivity index (χ0) is 20.3. The average Bonchev–Trinajstić information content (AvgIpc) is 3.05. The number of aryl methyl sites for hydroxylation is 1. The standard InChI is InChI=1S/C19H22N4O5/c1-3-28-14-6-4-13(5-7-14)16(24)8-9-18(25)23-11-17-21-20-12(2)22(17)10-15(23)19(26)27/h4-7,15H,3,8-11H2,1-2H3,(H,26,27). The molecule has 0 saturated heterocycles. The molecule has 148 valence electrons. The Morgan fingerprint density at radius 1 is 1.18 bits per heavy atom. The maximum Gasteiger partial charge on any atom is 0.328 e. The molecular formula is C19H22N4O5. The van der Waals surface area contributed by atoms with Crippen LogP contribution in [0, 0.1) is 6.92 Å². The summed E-state index contributed by atoms with van der Waals surface area (Å²) >= 11 is 0. The Bertz CT molecular complexity index is 890. The van der Waals surface area contributed by atoms with Crippen LogP contribution < -0.4 is 4.74 Å². The molecule has 9 nitrogen and oxygen atoms in total. The van der Waals surface area contributed by atoms with E-state index in [0.717, 1.165) is 0 Å². The third-order valence-electron chi connectivity index (χ3n) is 4.71. The lowest BCUT2D eigenvalue weighted by Crippen LogP contribution is -2.50. The van der Waals surface area contributed by atoms with Gasteiger partial charge in [-0.1, -0.05) is 0 Å².